The number of halogens is 1. The highest BCUT2D eigenvalue weighted by molar-refractivity contribution is 5.75. The van der Waals surface area contributed by atoms with Crippen LogP contribution in [-0.4, -0.2) is 30.8 Å². The van der Waals surface area contributed by atoms with Crippen molar-refractivity contribution < 1.29 is 18.7 Å². The number of benzene rings is 1. The molecule has 0 aromatic heterocycles. The number of hydrogen-bond acceptors (Lipinski definition) is 4. The number of esters is 1. The largest absolute Gasteiger partial charge is 0.462 e. The average molecular weight is 373 g/mol. The summed E-state index contributed by atoms with van der Waals surface area (Å²) in [4.78, 5) is 12.6. The lowest BCUT2D eigenvalue weighted by atomic mass is 9.53. The van der Waals surface area contributed by atoms with Crippen molar-refractivity contribution in [2.75, 3.05) is 13.2 Å². The van der Waals surface area contributed by atoms with Gasteiger partial charge in [-0.15, -0.1) is 0 Å². The van der Waals surface area contributed by atoms with Gasteiger partial charge in [0.1, 0.15) is 11.9 Å². The minimum absolute atomic E-state index is 0.0513. The summed E-state index contributed by atoms with van der Waals surface area (Å²) in [7, 11) is 0. The zero-order valence-electron chi connectivity index (χ0n) is 15.9. The Morgan fingerprint density at radius 3 is 2.78 bits per heavy atom. The first-order valence-corrected chi connectivity index (χ1v) is 10.3. The molecule has 2 saturated heterocycles. The monoisotopic (exact) mass is 373 g/mol. The van der Waals surface area contributed by atoms with E-state index in [1.54, 1.807) is 12.1 Å². The molecule has 0 unspecified atom stereocenters. The van der Waals surface area contributed by atoms with Crippen LogP contribution in [0.15, 0.2) is 24.3 Å². The summed E-state index contributed by atoms with van der Waals surface area (Å²) < 4.78 is 24.8. The van der Waals surface area contributed by atoms with Gasteiger partial charge in [0, 0.05) is 19.0 Å². The van der Waals surface area contributed by atoms with Gasteiger partial charge in [-0.3, -0.25) is 4.79 Å². The molecule has 2 heterocycles. The standard InChI is InChI=1S/C22H28FNO3/c1-21-7-2-8-22(13-26-22)19(21)9-16-17(20(25)27-18(16)10-21)12-24-11-14-3-5-15(23)6-4-14/h3-6,16-19,24H,2,7-13H2,1H3/t16-,17-,18-,19+,21-,22-/m1/s1. The van der Waals surface area contributed by atoms with Crippen molar-refractivity contribution >= 4 is 5.97 Å². The molecule has 0 amide bonds. The molecule has 4 nitrogen and oxygen atoms in total. The molecule has 1 aromatic rings. The smallest absolute Gasteiger partial charge is 0.310 e. The SMILES string of the molecule is C[C@]12CCC[C@@]3(CO3)[C@H]1C[C@H]1[C@@H](C2)OC(=O)[C@@H]1CNCc1ccc(F)cc1. The number of carbonyl (C=O) groups excluding carboxylic acids is 1. The normalized spacial score (nSPS) is 42.5. The van der Waals surface area contributed by atoms with Crippen LogP contribution >= 0.6 is 0 Å². The van der Waals surface area contributed by atoms with Crippen LogP contribution in [0.2, 0.25) is 0 Å². The second kappa shape index (κ2) is 6.28. The molecule has 1 spiro atoms. The van der Waals surface area contributed by atoms with Gasteiger partial charge in [0.2, 0.25) is 0 Å². The fraction of sp³-hybridized carbons (Fsp3) is 0.682. The van der Waals surface area contributed by atoms with Crippen molar-refractivity contribution in [1.82, 2.24) is 5.32 Å². The minimum Gasteiger partial charge on any atom is -0.462 e. The molecule has 146 valence electrons. The first kappa shape index (κ1) is 17.6. The Bertz CT molecular complexity index is 732. The Balaban J connectivity index is 1.26. The molecule has 5 heteroatoms. The highest BCUT2D eigenvalue weighted by Gasteiger charge is 2.64. The van der Waals surface area contributed by atoms with Crippen molar-refractivity contribution in [3.63, 3.8) is 0 Å². The molecule has 0 bridgehead atoms. The molecule has 1 N–H and O–H groups in total. The number of fused-ring (bicyclic) bond motifs is 3. The van der Waals surface area contributed by atoms with Gasteiger partial charge in [0.05, 0.1) is 18.1 Å². The van der Waals surface area contributed by atoms with Crippen molar-refractivity contribution in [2.24, 2.45) is 23.2 Å². The van der Waals surface area contributed by atoms with E-state index >= 15 is 0 Å². The number of nitrogens with one attached hydrogen (secondary N) is 1. The van der Waals surface area contributed by atoms with Gasteiger partial charge in [-0.2, -0.15) is 0 Å². The highest BCUT2D eigenvalue weighted by atomic mass is 19.1. The molecule has 4 fully saturated rings. The van der Waals surface area contributed by atoms with E-state index in [2.05, 4.69) is 12.2 Å². The van der Waals surface area contributed by atoms with E-state index in [4.69, 9.17) is 9.47 Å². The molecular formula is C22H28FNO3. The van der Waals surface area contributed by atoms with Gasteiger partial charge in [0.15, 0.2) is 0 Å². The summed E-state index contributed by atoms with van der Waals surface area (Å²) in [5.74, 6) is 0.474. The molecule has 27 heavy (non-hydrogen) atoms. The summed E-state index contributed by atoms with van der Waals surface area (Å²) in [6.45, 7) is 4.53. The third-order valence-corrected chi connectivity index (χ3v) is 7.69. The molecule has 5 rings (SSSR count). The van der Waals surface area contributed by atoms with Crippen LogP contribution in [0.4, 0.5) is 4.39 Å². The second-order valence-corrected chi connectivity index (χ2v) is 9.36. The molecule has 2 saturated carbocycles. The van der Waals surface area contributed by atoms with Crippen LogP contribution in [-0.2, 0) is 20.8 Å². The second-order valence-electron chi connectivity index (χ2n) is 9.36. The van der Waals surface area contributed by atoms with Gasteiger partial charge in [-0.05, 0) is 61.1 Å². The van der Waals surface area contributed by atoms with Gasteiger partial charge in [-0.25, -0.2) is 4.39 Å². The Morgan fingerprint density at radius 1 is 1.26 bits per heavy atom. The lowest BCUT2D eigenvalue weighted by Gasteiger charge is -2.51. The summed E-state index contributed by atoms with van der Waals surface area (Å²) >= 11 is 0. The predicted octanol–water partition coefficient (Wildman–Crippen LogP) is 3.44. The summed E-state index contributed by atoms with van der Waals surface area (Å²) in [5.41, 5.74) is 1.36. The molecular weight excluding hydrogens is 345 g/mol. The van der Waals surface area contributed by atoms with E-state index in [-0.39, 0.29) is 40.7 Å². The molecule has 2 aliphatic carbocycles. The van der Waals surface area contributed by atoms with Gasteiger partial charge in [-0.1, -0.05) is 19.1 Å². The summed E-state index contributed by atoms with van der Waals surface area (Å²) in [6, 6.07) is 6.49. The van der Waals surface area contributed by atoms with Crippen molar-refractivity contribution in [1.29, 1.82) is 0 Å². The molecule has 1 aromatic carbocycles. The van der Waals surface area contributed by atoms with Crippen molar-refractivity contribution in [3.8, 4) is 0 Å². The van der Waals surface area contributed by atoms with Crippen LogP contribution in [0, 0.1) is 29.0 Å². The third-order valence-electron chi connectivity index (χ3n) is 7.69. The summed E-state index contributed by atoms with van der Waals surface area (Å²) in [5, 5.41) is 3.39. The van der Waals surface area contributed by atoms with Crippen LogP contribution in [0.5, 0.6) is 0 Å². The lowest BCUT2D eigenvalue weighted by molar-refractivity contribution is -0.147. The quantitative estimate of drug-likeness (QED) is 0.649. The maximum Gasteiger partial charge on any atom is 0.310 e. The van der Waals surface area contributed by atoms with Crippen molar-refractivity contribution in [2.45, 2.75) is 57.3 Å². The fourth-order valence-corrected chi connectivity index (χ4v) is 6.16. The predicted molar refractivity (Wildman–Crippen MR) is 98.3 cm³/mol. The maximum absolute atomic E-state index is 13.0. The fourth-order valence-electron chi connectivity index (χ4n) is 6.16. The third kappa shape index (κ3) is 2.99. The number of ether oxygens (including phenoxy) is 2. The highest BCUT2D eigenvalue weighted by Crippen LogP contribution is 2.62. The summed E-state index contributed by atoms with van der Waals surface area (Å²) in [6.07, 6.45) is 5.69. The van der Waals surface area contributed by atoms with E-state index in [0.29, 0.717) is 19.0 Å². The first-order valence-electron chi connectivity index (χ1n) is 10.3. The van der Waals surface area contributed by atoms with Gasteiger partial charge in [0.25, 0.3) is 0 Å². The topological polar surface area (TPSA) is 50.9 Å². The Labute approximate surface area is 159 Å². The van der Waals surface area contributed by atoms with Crippen LogP contribution in [0.1, 0.15) is 44.6 Å². The maximum atomic E-state index is 13.0. The van der Waals surface area contributed by atoms with E-state index in [1.165, 1.54) is 31.4 Å². The van der Waals surface area contributed by atoms with E-state index < -0.39 is 0 Å². The molecule has 4 aliphatic rings. The van der Waals surface area contributed by atoms with E-state index in [1.807, 2.05) is 0 Å². The molecule has 0 radical (unpaired) electrons. The molecule has 2 aliphatic heterocycles. The van der Waals surface area contributed by atoms with E-state index in [0.717, 1.165) is 25.0 Å². The van der Waals surface area contributed by atoms with Crippen molar-refractivity contribution in [3.05, 3.63) is 35.6 Å². The lowest BCUT2D eigenvalue weighted by Crippen LogP contribution is -2.51. The molecule has 6 atom stereocenters. The van der Waals surface area contributed by atoms with Crippen LogP contribution in [0.3, 0.4) is 0 Å². The number of carbonyl (C=O) groups is 1. The van der Waals surface area contributed by atoms with Crippen LogP contribution in [0.25, 0.3) is 0 Å². The Kier molecular flexibility index (Phi) is 4.10. The number of hydrogen-bond donors (Lipinski definition) is 1. The van der Waals surface area contributed by atoms with Crippen LogP contribution < -0.4 is 5.32 Å². The zero-order chi connectivity index (χ0) is 18.6. The van der Waals surface area contributed by atoms with Gasteiger partial charge < -0.3 is 14.8 Å². The zero-order valence-corrected chi connectivity index (χ0v) is 15.9. The Morgan fingerprint density at radius 2 is 2.04 bits per heavy atom. The van der Waals surface area contributed by atoms with Gasteiger partial charge >= 0.3 is 5.97 Å². The Hall–Kier alpha value is -1.46. The van der Waals surface area contributed by atoms with E-state index in [9.17, 15) is 9.18 Å². The number of epoxide rings is 1. The number of rotatable bonds is 4. The first-order chi connectivity index (χ1) is 13.0. The minimum atomic E-state index is -0.227. The average Bonchev–Trinajstić information content (AvgIpc) is 3.33.